The summed E-state index contributed by atoms with van der Waals surface area (Å²) in [5.74, 6) is 2.08. The van der Waals surface area contributed by atoms with E-state index in [0.29, 0.717) is 22.4 Å². The molecule has 0 saturated heterocycles. The number of terminal acetylenes is 1. The number of hydrogen-bond donors (Lipinski definition) is 2. The third kappa shape index (κ3) is 4.04. The van der Waals surface area contributed by atoms with Crippen molar-refractivity contribution in [1.29, 1.82) is 0 Å². The molecule has 3 aromatic rings. The minimum absolute atomic E-state index is 0.0289. The molecule has 4 rings (SSSR count). The van der Waals surface area contributed by atoms with Crippen molar-refractivity contribution in [3.63, 3.8) is 0 Å². The zero-order valence-corrected chi connectivity index (χ0v) is 16.3. The smallest absolute Gasteiger partial charge is 0.283 e. The molecule has 1 aliphatic rings. The summed E-state index contributed by atoms with van der Waals surface area (Å²) in [4.78, 5) is 24.4. The van der Waals surface area contributed by atoms with Crippen LogP contribution in [0.15, 0.2) is 58.8 Å². The molecule has 0 aliphatic carbocycles. The summed E-state index contributed by atoms with van der Waals surface area (Å²) in [5, 5.41) is 21.0. The first-order chi connectivity index (χ1) is 15.1. The highest BCUT2D eigenvalue weighted by atomic mass is 16.6. The molecule has 156 valence electrons. The van der Waals surface area contributed by atoms with Crippen LogP contribution in [-0.4, -0.2) is 40.7 Å². The van der Waals surface area contributed by atoms with Crippen LogP contribution in [0.3, 0.4) is 0 Å². The maximum atomic E-state index is 12.3. The Kier molecular flexibility index (Phi) is 5.53. The number of azo groups is 1. The van der Waals surface area contributed by atoms with Crippen LogP contribution in [0.2, 0.25) is 0 Å². The Morgan fingerprint density at radius 1 is 1.19 bits per heavy atom. The molecule has 0 saturated carbocycles. The van der Waals surface area contributed by atoms with Gasteiger partial charge in [0.15, 0.2) is 17.2 Å². The number of para-hydroxylation sites is 3. The number of rotatable bonds is 5. The average molecular weight is 418 g/mol. The molecular formula is C22H18N4O5. The van der Waals surface area contributed by atoms with E-state index in [2.05, 4.69) is 21.5 Å². The molecule has 1 aromatic heterocycles. The van der Waals surface area contributed by atoms with Crippen LogP contribution < -0.4 is 14.8 Å². The average Bonchev–Trinajstić information content (AvgIpc) is 3.07. The third-order valence-corrected chi connectivity index (χ3v) is 4.64. The topological polar surface area (TPSA) is 115 Å². The van der Waals surface area contributed by atoms with E-state index < -0.39 is 17.9 Å². The van der Waals surface area contributed by atoms with E-state index in [1.807, 2.05) is 0 Å². The highest BCUT2D eigenvalue weighted by Gasteiger charge is 2.27. The first-order valence-electron chi connectivity index (χ1n) is 9.43. The van der Waals surface area contributed by atoms with E-state index in [9.17, 15) is 14.7 Å². The van der Waals surface area contributed by atoms with Gasteiger partial charge in [-0.3, -0.25) is 14.2 Å². The van der Waals surface area contributed by atoms with Crippen molar-refractivity contribution in [1.82, 2.24) is 9.88 Å². The number of amides is 2. The number of nitrogens with one attached hydrogen (secondary N) is 1. The molecular weight excluding hydrogens is 400 g/mol. The van der Waals surface area contributed by atoms with Gasteiger partial charge in [0.25, 0.3) is 11.8 Å². The van der Waals surface area contributed by atoms with E-state index in [0.717, 1.165) is 0 Å². The number of ether oxygens (including phenoxy) is 2. The molecule has 2 amide bonds. The Hall–Kier alpha value is -4.32. The van der Waals surface area contributed by atoms with Crippen molar-refractivity contribution in [2.45, 2.75) is 12.6 Å². The fourth-order valence-corrected chi connectivity index (χ4v) is 3.19. The van der Waals surface area contributed by atoms with Gasteiger partial charge in [-0.25, -0.2) is 0 Å². The number of aromatic hydroxyl groups is 1. The van der Waals surface area contributed by atoms with Gasteiger partial charge in [0.2, 0.25) is 12.0 Å². The summed E-state index contributed by atoms with van der Waals surface area (Å²) in [5.41, 5.74) is 0.800. The van der Waals surface area contributed by atoms with E-state index >= 15 is 0 Å². The summed E-state index contributed by atoms with van der Waals surface area (Å²) in [6.45, 7) is -0.215. The molecule has 1 atom stereocenters. The largest absolute Gasteiger partial charge is 0.493 e. The maximum absolute atomic E-state index is 12.3. The minimum atomic E-state index is -0.884. The number of fused-ring (bicyclic) bond motifs is 2. The van der Waals surface area contributed by atoms with Gasteiger partial charge in [0.1, 0.15) is 13.2 Å². The maximum Gasteiger partial charge on any atom is 0.283 e. The Labute approximate surface area is 177 Å². The predicted octanol–water partition coefficient (Wildman–Crippen LogP) is 2.55. The van der Waals surface area contributed by atoms with Gasteiger partial charge in [0.05, 0.1) is 12.1 Å². The first kappa shape index (κ1) is 20.0. The highest BCUT2D eigenvalue weighted by molar-refractivity contribution is 5.95. The standard InChI is InChI=1S/C22H18N4O5/c1-2-11-26-15-8-4-3-7-14(15)20(22(26)29)25-24-19(27)12-23-21(28)18-13-30-16-9-5-6-10-17(16)31-18/h1,3-10,18,29H,11-13H2,(H,23,28). The van der Waals surface area contributed by atoms with Gasteiger partial charge in [-0.2, -0.15) is 0 Å². The van der Waals surface area contributed by atoms with Crippen LogP contribution in [0.5, 0.6) is 17.4 Å². The third-order valence-electron chi connectivity index (χ3n) is 4.64. The Morgan fingerprint density at radius 3 is 2.74 bits per heavy atom. The van der Waals surface area contributed by atoms with Gasteiger partial charge in [0, 0.05) is 5.39 Å². The lowest BCUT2D eigenvalue weighted by Crippen LogP contribution is -2.45. The van der Waals surface area contributed by atoms with Gasteiger partial charge in [-0.1, -0.05) is 36.3 Å². The van der Waals surface area contributed by atoms with Crippen molar-refractivity contribution in [3.8, 4) is 29.7 Å². The van der Waals surface area contributed by atoms with Crippen LogP contribution in [0.25, 0.3) is 10.9 Å². The monoisotopic (exact) mass is 418 g/mol. The molecule has 0 spiro atoms. The zero-order chi connectivity index (χ0) is 21.8. The molecule has 2 N–H and O–H groups in total. The lowest BCUT2D eigenvalue weighted by atomic mass is 10.2. The second kappa shape index (κ2) is 8.59. The molecule has 0 radical (unpaired) electrons. The number of carbonyl (C=O) groups is 2. The lowest BCUT2D eigenvalue weighted by molar-refractivity contribution is -0.132. The van der Waals surface area contributed by atoms with Crippen LogP contribution in [-0.2, 0) is 16.1 Å². The molecule has 2 aromatic carbocycles. The number of benzene rings is 2. The highest BCUT2D eigenvalue weighted by Crippen LogP contribution is 2.38. The summed E-state index contributed by atoms with van der Waals surface area (Å²) >= 11 is 0. The lowest BCUT2D eigenvalue weighted by Gasteiger charge is -2.25. The molecule has 1 aliphatic heterocycles. The normalized spacial score (nSPS) is 15.0. The first-order valence-corrected chi connectivity index (χ1v) is 9.43. The SMILES string of the molecule is C#CCn1c(O)c(N=NC(=O)CNC(=O)C2COc3ccccc3O2)c2ccccc21. The van der Waals surface area contributed by atoms with Crippen molar-refractivity contribution < 1.29 is 24.2 Å². The fraction of sp³-hybridized carbons (Fsp3) is 0.182. The number of aromatic nitrogens is 1. The molecule has 31 heavy (non-hydrogen) atoms. The summed E-state index contributed by atoms with van der Waals surface area (Å²) in [6, 6.07) is 14.1. The van der Waals surface area contributed by atoms with Crippen LogP contribution in [0, 0.1) is 12.3 Å². The Morgan fingerprint density at radius 2 is 1.94 bits per heavy atom. The second-order valence-electron chi connectivity index (χ2n) is 6.66. The van der Waals surface area contributed by atoms with Gasteiger partial charge in [-0.05, 0) is 18.2 Å². The van der Waals surface area contributed by atoms with Crippen LogP contribution >= 0.6 is 0 Å². The zero-order valence-electron chi connectivity index (χ0n) is 16.3. The second-order valence-corrected chi connectivity index (χ2v) is 6.66. The van der Waals surface area contributed by atoms with Crippen molar-refractivity contribution in [2.75, 3.05) is 13.2 Å². The fourth-order valence-electron chi connectivity index (χ4n) is 3.19. The van der Waals surface area contributed by atoms with E-state index in [4.69, 9.17) is 15.9 Å². The quantitative estimate of drug-likeness (QED) is 0.488. The number of hydrogen-bond acceptors (Lipinski definition) is 6. The van der Waals surface area contributed by atoms with Crippen molar-refractivity contribution >= 4 is 28.4 Å². The molecule has 1 unspecified atom stereocenters. The van der Waals surface area contributed by atoms with Crippen molar-refractivity contribution in [2.24, 2.45) is 10.2 Å². The minimum Gasteiger partial charge on any atom is -0.493 e. The molecule has 0 bridgehead atoms. The van der Waals surface area contributed by atoms with Gasteiger partial charge < -0.3 is 19.9 Å². The molecule has 0 fully saturated rings. The summed E-state index contributed by atoms with van der Waals surface area (Å²) in [7, 11) is 0. The van der Waals surface area contributed by atoms with Crippen LogP contribution in [0.4, 0.5) is 5.69 Å². The van der Waals surface area contributed by atoms with Crippen molar-refractivity contribution in [3.05, 3.63) is 48.5 Å². The molecule has 9 heteroatoms. The van der Waals surface area contributed by atoms with E-state index in [1.54, 1.807) is 48.5 Å². The number of nitrogens with zero attached hydrogens (tertiary/aromatic N) is 3. The van der Waals surface area contributed by atoms with Gasteiger partial charge >= 0.3 is 0 Å². The Balaban J connectivity index is 1.40. The van der Waals surface area contributed by atoms with Gasteiger partial charge in [-0.15, -0.1) is 16.7 Å². The summed E-state index contributed by atoms with van der Waals surface area (Å²) < 4.78 is 12.6. The van der Waals surface area contributed by atoms with E-state index in [1.165, 1.54) is 4.57 Å². The summed E-state index contributed by atoms with van der Waals surface area (Å²) in [6.07, 6.45) is 4.47. The number of carbonyl (C=O) groups excluding carboxylic acids is 2. The predicted molar refractivity (Wildman–Crippen MR) is 111 cm³/mol. The molecule has 9 nitrogen and oxygen atoms in total. The Bertz CT molecular complexity index is 1220. The van der Waals surface area contributed by atoms with E-state index in [-0.39, 0.29) is 31.3 Å². The molecule has 2 heterocycles. The van der Waals surface area contributed by atoms with Crippen LogP contribution in [0.1, 0.15) is 0 Å².